The van der Waals surface area contributed by atoms with Crippen molar-refractivity contribution in [1.82, 2.24) is 0 Å². The normalized spacial score (nSPS) is 27.1. The molecule has 21 heavy (non-hydrogen) atoms. The summed E-state index contributed by atoms with van der Waals surface area (Å²) >= 11 is 0. The van der Waals surface area contributed by atoms with Gasteiger partial charge in [-0.3, -0.25) is 0 Å². The van der Waals surface area contributed by atoms with Crippen molar-refractivity contribution in [2.75, 3.05) is 0 Å². The Morgan fingerprint density at radius 2 is 1.14 bits per heavy atom. The van der Waals surface area contributed by atoms with E-state index in [-0.39, 0.29) is 0 Å². The van der Waals surface area contributed by atoms with Crippen LogP contribution in [-0.4, -0.2) is 38.6 Å². The molecule has 1 heterocycles. The minimum atomic E-state index is -1.91. The minimum Gasteiger partial charge on any atom is -0.425 e. The molecule has 0 aromatic carbocycles. The van der Waals surface area contributed by atoms with Crippen molar-refractivity contribution in [3.63, 3.8) is 0 Å². The zero-order chi connectivity index (χ0) is 15.2. The molecular formula is C13H34O4Si4. The molecule has 1 rings (SSSR count). The van der Waals surface area contributed by atoms with E-state index >= 15 is 0 Å². The third-order valence-corrected chi connectivity index (χ3v) is 13.8. The zero-order valence-electron chi connectivity index (χ0n) is 14.0. The SMILES string of the molecule is CCCCCCCCCCCC[Si]1(C)O[SiH2]O[SiH2]O[SiH2]O1. The number of unbranched alkanes of at least 4 members (excludes halogenated alkanes) is 9. The third kappa shape index (κ3) is 11.0. The first-order valence-corrected chi connectivity index (χ1v) is 14.7. The maximum atomic E-state index is 5.98. The zero-order valence-corrected chi connectivity index (χ0v) is 19.3. The van der Waals surface area contributed by atoms with Crippen LogP contribution in [0.1, 0.15) is 71.1 Å². The van der Waals surface area contributed by atoms with Crippen LogP contribution in [0.5, 0.6) is 0 Å². The lowest BCUT2D eigenvalue weighted by molar-refractivity contribution is 0.308. The van der Waals surface area contributed by atoms with Gasteiger partial charge < -0.3 is 16.5 Å². The van der Waals surface area contributed by atoms with Gasteiger partial charge in [-0.15, -0.1) is 0 Å². The molecule has 0 radical (unpaired) electrons. The van der Waals surface area contributed by atoms with Gasteiger partial charge in [-0.25, -0.2) is 0 Å². The monoisotopic (exact) mass is 366 g/mol. The van der Waals surface area contributed by atoms with E-state index in [2.05, 4.69) is 13.5 Å². The van der Waals surface area contributed by atoms with Gasteiger partial charge >= 0.3 is 8.56 Å². The molecule has 0 bridgehead atoms. The average molecular weight is 367 g/mol. The molecule has 0 atom stereocenters. The second kappa shape index (κ2) is 13.2. The molecule has 0 aliphatic carbocycles. The summed E-state index contributed by atoms with van der Waals surface area (Å²) in [5.41, 5.74) is 0. The Labute approximate surface area is 139 Å². The van der Waals surface area contributed by atoms with E-state index in [0.717, 1.165) is 6.04 Å². The summed E-state index contributed by atoms with van der Waals surface area (Å²) in [6.45, 7) is 4.47. The smallest absolute Gasteiger partial charge is 0.316 e. The number of hydrogen-bond acceptors (Lipinski definition) is 4. The Hall–Kier alpha value is 0.708. The van der Waals surface area contributed by atoms with Gasteiger partial charge in [0.25, 0.3) is 30.0 Å². The standard InChI is InChI=1S/C13H34O4Si4/c1-3-4-5-6-7-8-9-10-11-12-13-21(2)16-19-14-18-15-20-17-21/h3-13,18-20H2,1-2H3. The van der Waals surface area contributed by atoms with Crippen molar-refractivity contribution in [3.8, 4) is 0 Å². The molecular weight excluding hydrogens is 332 g/mol. The minimum absolute atomic E-state index is 0.743. The molecule has 0 spiro atoms. The fraction of sp³-hybridized carbons (Fsp3) is 1.00. The highest BCUT2D eigenvalue weighted by molar-refractivity contribution is 6.74. The van der Waals surface area contributed by atoms with Gasteiger partial charge in [-0.2, -0.15) is 0 Å². The highest BCUT2D eigenvalue weighted by atomic mass is 28.5. The molecule has 1 aliphatic rings. The van der Waals surface area contributed by atoms with Gasteiger partial charge in [0.2, 0.25) is 0 Å². The highest BCUT2D eigenvalue weighted by Crippen LogP contribution is 2.19. The third-order valence-electron chi connectivity index (χ3n) is 4.05. The Bertz CT molecular complexity index is 238. The molecule has 0 aromatic rings. The van der Waals surface area contributed by atoms with Crippen LogP contribution < -0.4 is 0 Å². The van der Waals surface area contributed by atoms with E-state index in [1.165, 1.54) is 64.2 Å². The van der Waals surface area contributed by atoms with Crippen LogP contribution >= 0.6 is 0 Å². The van der Waals surface area contributed by atoms with Crippen molar-refractivity contribution < 1.29 is 16.5 Å². The largest absolute Gasteiger partial charge is 0.425 e. The van der Waals surface area contributed by atoms with E-state index in [1.807, 2.05) is 0 Å². The van der Waals surface area contributed by atoms with E-state index in [0.29, 0.717) is 0 Å². The first kappa shape index (κ1) is 19.8. The summed E-state index contributed by atoms with van der Waals surface area (Å²) in [5.74, 6) is 0. The van der Waals surface area contributed by atoms with Crippen LogP contribution in [0.4, 0.5) is 0 Å². The molecule has 1 aliphatic heterocycles. The summed E-state index contributed by atoms with van der Waals surface area (Å²) in [6.07, 6.45) is 13.8. The fourth-order valence-electron chi connectivity index (χ4n) is 2.58. The molecule has 0 amide bonds. The van der Waals surface area contributed by atoms with Crippen molar-refractivity contribution in [3.05, 3.63) is 0 Å². The lowest BCUT2D eigenvalue weighted by Gasteiger charge is -2.29. The lowest BCUT2D eigenvalue weighted by atomic mass is 10.1. The van der Waals surface area contributed by atoms with E-state index in [9.17, 15) is 0 Å². The summed E-state index contributed by atoms with van der Waals surface area (Å²) in [6, 6.07) is 1.12. The fourth-order valence-corrected chi connectivity index (χ4v) is 11.9. The van der Waals surface area contributed by atoms with Gasteiger partial charge in [-0.1, -0.05) is 71.1 Å². The Kier molecular flexibility index (Phi) is 12.4. The Morgan fingerprint density at radius 3 is 1.67 bits per heavy atom. The van der Waals surface area contributed by atoms with Crippen LogP contribution in [0.2, 0.25) is 12.6 Å². The molecule has 0 unspecified atom stereocenters. The van der Waals surface area contributed by atoms with Crippen molar-refractivity contribution in [2.45, 2.75) is 83.7 Å². The molecule has 0 N–H and O–H groups in total. The van der Waals surface area contributed by atoms with Gasteiger partial charge in [0.15, 0.2) is 0 Å². The first-order valence-electron chi connectivity index (χ1n) is 8.70. The maximum Gasteiger partial charge on any atom is 0.316 e. The molecule has 0 aromatic heterocycles. The Morgan fingerprint density at radius 1 is 0.667 bits per heavy atom. The number of hydrogen-bond donors (Lipinski definition) is 0. The van der Waals surface area contributed by atoms with Crippen LogP contribution in [0.3, 0.4) is 0 Å². The molecule has 1 fully saturated rings. The average Bonchev–Trinajstić information content (AvgIpc) is 2.46. The second-order valence-electron chi connectivity index (χ2n) is 6.12. The second-order valence-corrected chi connectivity index (χ2v) is 15.2. The predicted molar refractivity (Wildman–Crippen MR) is 98.2 cm³/mol. The van der Waals surface area contributed by atoms with Crippen LogP contribution in [0, 0.1) is 0 Å². The van der Waals surface area contributed by atoms with Crippen LogP contribution in [0.25, 0.3) is 0 Å². The maximum absolute atomic E-state index is 5.98. The molecule has 1 saturated heterocycles. The quantitative estimate of drug-likeness (QED) is 0.414. The Balaban J connectivity index is 1.92. The van der Waals surface area contributed by atoms with Gasteiger partial charge in [0, 0.05) is 0 Å². The summed E-state index contributed by atoms with van der Waals surface area (Å²) in [4.78, 5) is 0. The first-order chi connectivity index (χ1) is 10.3. The highest BCUT2D eigenvalue weighted by Gasteiger charge is 2.31. The number of rotatable bonds is 11. The van der Waals surface area contributed by atoms with Gasteiger partial charge in [-0.05, 0) is 12.6 Å². The summed E-state index contributed by atoms with van der Waals surface area (Å²) in [5, 5.41) is 0. The molecule has 0 saturated carbocycles. The van der Waals surface area contributed by atoms with Gasteiger partial charge in [0.05, 0.1) is 0 Å². The molecule has 4 nitrogen and oxygen atoms in total. The lowest BCUT2D eigenvalue weighted by Crippen LogP contribution is -2.44. The van der Waals surface area contributed by atoms with E-state index in [1.54, 1.807) is 0 Å². The van der Waals surface area contributed by atoms with E-state index in [4.69, 9.17) is 16.5 Å². The van der Waals surface area contributed by atoms with Crippen LogP contribution in [-0.2, 0) is 16.5 Å². The topological polar surface area (TPSA) is 36.9 Å². The van der Waals surface area contributed by atoms with Crippen molar-refractivity contribution in [1.29, 1.82) is 0 Å². The molecule has 126 valence electrons. The van der Waals surface area contributed by atoms with Crippen molar-refractivity contribution >= 4 is 38.6 Å². The van der Waals surface area contributed by atoms with Gasteiger partial charge in [0.1, 0.15) is 0 Å². The van der Waals surface area contributed by atoms with Crippen molar-refractivity contribution in [2.24, 2.45) is 0 Å². The predicted octanol–water partition coefficient (Wildman–Crippen LogP) is 2.06. The summed E-state index contributed by atoms with van der Waals surface area (Å²) < 4.78 is 22.9. The molecule has 8 heteroatoms. The van der Waals surface area contributed by atoms with Crippen LogP contribution in [0.15, 0.2) is 0 Å². The summed E-state index contributed by atoms with van der Waals surface area (Å²) in [7, 11) is -4.29. The van der Waals surface area contributed by atoms with E-state index < -0.39 is 38.6 Å².